The molecule has 1 fully saturated rings. The number of nitrogens with one attached hydrogen (secondary N) is 1. The van der Waals surface area contributed by atoms with E-state index in [1.807, 2.05) is 55.5 Å². The summed E-state index contributed by atoms with van der Waals surface area (Å²) in [6, 6.07) is 19.2. The van der Waals surface area contributed by atoms with Crippen LogP contribution in [0.1, 0.15) is 30.1 Å². The molecular weight excluding hydrogens is 416 g/mol. The van der Waals surface area contributed by atoms with E-state index in [9.17, 15) is 9.59 Å². The number of hydrogen-bond donors (Lipinski definition) is 1. The van der Waals surface area contributed by atoms with Crippen LogP contribution in [0, 0.1) is 5.92 Å². The van der Waals surface area contributed by atoms with E-state index in [0.29, 0.717) is 43.4 Å². The number of ketones is 1. The van der Waals surface area contributed by atoms with Crippen LogP contribution < -0.4 is 14.8 Å². The molecule has 170 valence electrons. The van der Waals surface area contributed by atoms with Crippen molar-refractivity contribution >= 4 is 28.2 Å². The summed E-state index contributed by atoms with van der Waals surface area (Å²) in [5, 5.41) is 5.29. The lowest BCUT2D eigenvalue weighted by Crippen LogP contribution is -2.47. The molecule has 5 rings (SSSR count). The number of benzene rings is 3. The maximum absolute atomic E-state index is 13.1. The highest BCUT2D eigenvalue weighted by atomic mass is 16.6. The van der Waals surface area contributed by atoms with E-state index in [2.05, 4.69) is 16.3 Å². The fourth-order valence-electron chi connectivity index (χ4n) is 4.66. The first-order valence-corrected chi connectivity index (χ1v) is 11.6. The SMILES string of the molecule is CC(C(=O)Nc1ccc2ccccc2c1)N1CCC(C(=O)c2ccc3c(c2)OCCO3)CC1. The van der Waals surface area contributed by atoms with Crippen molar-refractivity contribution in [3.8, 4) is 11.5 Å². The summed E-state index contributed by atoms with van der Waals surface area (Å²) < 4.78 is 11.2. The molecule has 6 heteroatoms. The molecule has 2 aliphatic rings. The van der Waals surface area contributed by atoms with Gasteiger partial charge in [0.25, 0.3) is 0 Å². The second-order valence-electron chi connectivity index (χ2n) is 8.76. The third-order valence-corrected chi connectivity index (χ3v) is 6.67. The number of rotatable bonds is 5. The van der Waals surface area contributed by atoms with Crippen molar-refractivity contribution in [2.75, 3.05) is 31.6 Å². The van der Waals surface area contributed by atoms with Gasteiger partial charge >= 0.3 is 0 Å². The average Bonchev–Trinajstić information content (AvgIpc) is 2.87. The lowest BCUT2D eigenvalue weighted by molar-refractivity contribution is -0.121. The Balaban J connectivity index is 1.17. The van der Waals surface area contributed by atoms with E-state index in [1.54, 1.807) is 6.07 Å². The summed E-state index contributed by atoms with van der Waals surface area (Å²) in [7, 11) is 0. The Morgan fingerprint density at radius 3 is 2.42 bits per heavy atom. The predicted octanol–water partition coefficient (Wildman–Crippen LogP) is 4.53. The van der Waals surface area contributed by atoms with E-state index in [4.69, 9.17) is 9.47 Å². The summed E-state index contributed by atoms with van der Waals surface area (Å²) in [6.07, 6.45) is 1.47. The van der Waals surface area contributed by atoms with Gasteiger partial charge in [0.15, 0.2) is 17.3 Å². The zero-order valence-electron chi connectivity index (χ0n) is 18.8. The first kappa shape index (κ1) is 21.5. The van der Waals surface area contributed by atoms with Crippen LogP contribution in [0.25, 0.3) is 10.8 Å². The Morgan fingerprint density at radius 2 is 1.64 bits per heavy atom. The molecule has 2 heterocycles. The molecule has 0 saturated carbocycles. The topological polar surface area (TPSA) is 67.9 Å². The van der Waals surface area contributed by atoms with Crippen molar-refractivity contribution in [2.45, 2.75) is 25.8 Å². The number of likely N-dealkylation sites (tertiary alicyclic amines) is 1. The quantitative estimate of drug-likeness (QED) is 0.586. The molecule has 1 N–H and O–H groups in total. The highest BCUT2D eigenvalue weighted by molar-refractivity contribution is 5.99. The molecule has 0 spiro atoms. The van der Waals surface area contributed by atoms with Crippen molar-refractivity contribution < 1.29 is 19.1 Å². The highest BCUT2D eigenvalue weighted by Gasteiger charge is 2.30. The van der Waals surface area contributed by atoms with Crippen LogP contribution in [0.4, 0.5) is 5.69 Å². The van der Waals surface area contributed by atoms with Crippen LogP contribution in [-0.2, 0) is 4.79 Å². The zero-order valence-corrected chi connectivity index (χ0v) is 18.8. The molecule has 3 aromatic carbocycles. The summed E-state index contributed by atoms with van der Waals surface area (Å²) in [5.74, 6) is 1.41. The molecule has 0 aromatic heterocycles. The Labute approximate surface area is 193 Å². The summed E-state index contributed by atoms with van der Waals surface area (Å²) in [5.41, 5.74) is 1.47. The second kappa shape index (κ2) is 9.24. The van der Waals surface area contributed by atoms with Crippen LogP contribution in [0.5, 0.6) is 11.5 Å². The molecule has 0 aliphatic carbocycles. The number of carbonyl (C=O) groups excluding carboxylic acids is 2. The van der Waals surface area contributed by atoms with Crippen molar-refractivity contribution in [3.05, 3.63) is 66.2 Å². The number of ether oxygens (including phenoxy) is 2. The van der Waals surface area contributed by atoms with Crippen molar-refractivity contribution in [3.63, 3.8) is 0 Å². The zero-order chi connectivity index (χ0) is 22.8. The van der Waals surface area contributed by atoms with Gasteiger partial charge in [0.2, 0.25) is 5.91 Å². The van der Waals surface area contributed by atoms with Gasteiger partial charge in [-0.15, -0.1) is 0 Å². The van der Waals surface area contributed by atoms with Gasteiger partial charge in [0.05, 0.1) is 6.04 Å². The molecule has 0 bridgehead atoms. The van der Waals surface area contributed by atoms with Gasteiger partial charge in [0, 0.05) is 17.2 Å². The minimum atomic E-state index is -0.262. The van der Waals surface area contributed by atoms with E-state index >= 15 is 0 Å². The maximum Gasteiger partial charge on any atom is 0.241 e. The predicted molar refractivity (Wildman–Crippen MR) is 128 cm³/mol. The maximum atomic E-state index is 13.1. The van der Waals surface area contributed by atoms with Crippen molar-refractivity contribution in [2.24, 2.45) is 5.92 Å². The van der Waals surface area contributed by atoms with Gasteiger partial charge in [-0.1, -0.05) is 30.3 Å². The van der Waals surface area contributed by atoms with Crippen LogP contribution >= 0.6 is 0 Å². The molecule has 1 amide bonds. The second-order valence-corrected chi connectivity index (χ2v) is 8.76. The number of carbonyl (C=O) groups is 2. The normalized spacial score (nSPS) is 17.5. The smallest absolute Gasteiger partial charge is 0.241 e. The number of anilines is 1. The Kier molecular flexibility index (Phi) is 6.01. The van der Waals surface area contributed by atoms with Crippen molar-refractivity contribution in [1.29, 1.82) is 0 Å². The first-order chi connectivity index (χ1) is 16.1. The minimum absolute atomic E-state index is 0.0260. The van der Waals surface area contributed by atoms with Crippen LogP contribution in [-0.4, -0.2) is 48.9 Å². The van der Waals surface area contributed by atoms with Gasteiger partial charge in [0.1, 0.15) is 13.2 Å². The number of nitrogens with zero attached hydrogens (tertiary/aromatic N) is 1. The lowest BCUT2D eigenvalue weighted by Gasteiger charge is -2.34. The first-order valence-electron chi connectivity index (χ1n) is 11.6. The van der Waals surface area contributed by atoms with Crippen LogP contribution in [0.2, 0.25) is 0 Å². The molecule has 3 aromatic rings. The molecule has 1 unspecified atom stereocenters. The number of piperidine rings is 1. The van der Waals surface area contributed by atoms with Crippen LogP contribution in [0.3, 0.4) is 0 Å². The van der Waals surface area contributed by atoms with Gasteiger partial charge in [-0.3, -0.25) is 14.5 Å². The van der Waals surface area contributed by atoms with Gasteiger partial charge in [-0.05, 0) is 74.0 Å². The van der Waals surface area contributed by atoms with E-state index in [0.717, 1.165) is 29.3 Å². The number of fused-ring (bicyclic) bond motifs is 2. The summed E-state index contributed by atoms with van der Waals surface area (Å²) >= 11 is 0. The summed E-state index contributed by atoms with van der Waals surface area (Å²) in [4.78, 5) is 28.1. The fraction of sp³-hybridized carbons (Fsp3) is 0.333. The molecule has 0 radical (unpaired) electrons. The highest BCUT2D eigenvalue weighted by Crippen LogP contribution is 2.33. The van der Waals surface area contributed by atoms with Gasteiger partial charge in [-0.2, -0.15) is 0 Å². The molecule has 1 saturated heterocycles. The number of Topliss-reactive ketones (excluding diaryl/α,β-unsaturated/α-hetero) is 1. The van der Waals surface area contributed by atoms with E-state index < -0.39 is 0 Å². The third kappa shape index (κ3) is 4.57. The number of hydrogen-bond acceptors (Lipinski definition) is 5. The molecule has 1 atom stereocenters. The van der Waals surface area contributed by atoms with E-state index in [1.165, 1.54) is 0 Å². The molecule has 6 nitrogen and oxygen atoms in total. The molecular formula is C27H28N2O4. The van der Waals surface area contributed by atoms with E-state index in [-0.39, 0.29) is 23.7 Å². The number of amides is 1. The molecule has 33 heavy (non-hydrogen) atoms. The lowest BCUT2D eigenvalue weighted by atomic mass is 9.88. The standard InChI is InChI=1S/C27H28N2O4/c1-18(27(31)28-23-8-6-19-4-2-3-5-21(19)16-23)29-12-10-20(11-13-29)26(30)22-7-9-24-25(17-22)33-15-14-32-24/h2-9,16-18,20H,10-15H2,1H3,(H,28,31). The Bertz CT molecular complexity index is 1180. The average molecular weight is 445 g/mol. The summed E-state index contributed by atoms with van der Waals surface area (Å²) in [6.45, 7) is 4.40. The van der Waals surface area contributed by atoms with Gasteiger partial charge < -0.3 is 14.8 Å². The Morgan fingerprint density at radius 1 is 0.909 bits per heavy atom. The monoisotopic (exact) mass is 444 g/mol. The van der Waals surface area contributed by atoms with Crippen LogP contribution in [0.15, 0.2) is 60.7 Å². The van der Waals surface area contributed by atoms with Gasteiger partial charge in [-0.25, -0.2) is 0 Å². The largest absolute Gasteiger partial charge is 0.486 e. The fourth-order valence-corrected chi connectivity index (χ4v) is 4.66. The van der Waals surface area contributed by atoms with Crippen molar-refractivity contribution in [1.82, 2.24) is 4.90 Å². The minimum Gasteiger partial charge on any atom is -0.486 e. The Hall–Kier alpha value is -3.38. The third-order valence-electron chi connectivity index (χ3n) is 6.67. The molecule has 2 aliphatic heterocycles.